The van der Waals surface area contributed by atoms with Gasteiger partial charge in [0.1, 0.15) is 10.0 Å². The number of thiophene rings is 1. The minimum atomic E-state index is 0.805. The van der Waals surface area contributed by atoms with Crippen LogP contribution in [0.15, 0.2) is 26.7 Å². The molecule has 68 valence electrons. The third-order valence-electron chi connectivity index (χ3n) is 1.49. The van der Waals surface area contributed by atoms with Crippen molar-refractivity contribution in [2.24, 2.45) is 0 Å². The van der Waals surface area contributed by atoms with E-state index in [1.807, 2.05) is 5.38 Å². The number of rotatable bonds is 2. The Bertz CT molecular complexity index is 404. The maximum atomic E-state index is 4.31. The minimum Gasteiger partial charge on any atom is -0.229 e. The van der Waals surface area contributed by atoms with Gasteiger partial charge in [0.25, 0.3) is 0 Å². The van der Waals surface area contributed by atoms with Crippen molar-refractivity contribution in [3.05, 3.63) is 17.5 Å². The highest BCUT2D eigenvalue weighted by atomic mass is 32.2. The predicted molar refractivity (Wildman–Crippen MR) is 64.5 cm³/mol. The van der Waals surface area contributed by atoms with Crippen molar-refractivity contribution in [1.82, 2.24) is 4.98 Å². The van der Waals surface area contributed by atoms with Crippen LogP contribution in [0.2, 0.25) is 0 Å². The van der Waals surface area contributed by atoms with E-state index in [4.69, 9.17) is 0 Å². The molecule has 0 aliphatic rings. The Morgan fingerprint density at radius 2 is 2.31 bits per heavy atom. The molecule has 2 aromatic rings. The molecule has 0 saturated heterocycles. The highest BCUT2D eigenvalue weighted by molar-refractivity contribution is 8.00. The van der Waals surface area contributed by atoms with Crippen LogP contribution in [0.25, 0.3) is 9.88 Å². The third kappa shape index (κ3) is 2.10. The van der Waals surface area contributed by atoms with Crippen LogP contribution in [-0.2, 0) is 0 Å². The Morgan fingerprint density at radius 1 is 1.46 bits per heavy atom. The summed E-state index contributed by atoms with van der Waals surface area (Å²) in [7, 11) is 0. The lowest BCUT2D eigenvalue weighted by molar-refractivity contribution is 1.22. The van der Waals surface area contributed by atoms with Crippen molar-refractivity contribution in [2.45, 2.75) is 9.24 Å². The van der Waals surface area contributed by atoms with Crippen molar-refractivity contribution in [3.63, 3.8) is 0 Å². The molecule has 0 saturated carbocycles. The fourth-order valence-corrected chi connectivity index (χ4v) is 3.55. The normalized spacial score (nSPS) is 10.6. The number of thiazole rings is 1. The molecule has 2 aromatic heterocycles. The standard InChI is InChI=1S/C8H7NS4/c1-11-7-3-2-5(13-7)8-9-6(10)4-12-8/h2-4,10H,1H3. The van der Waals surface area contributed by atoms with Gasteiger partial charge in [0.05, 0.1) is 9.09 Å². The number of hydrogen-bond acceptors (Lipinski definition) is 5. The van der Waals surface area contributed by atoms with Crippen LogP contribution in [0, 0.1) is 0 Å². The molecule has 0 aliphatic heterocycles. The van der Waals surface area contributed by atoms with Crippen molar-refractivity contribution in [3.8, 4) is 9.88 Å². The smallest absolute Gasteiger partial charge is 0.134 e. The highest BCUT2D eigenvalue weighted by Gasteiger charge is 2.05. The largest absolute Gasteiger partial charge is 0.229 e. The second-order valence-electron chi connectivity index (χ2n) is 2.33. The number of nitrogens with zero attached hydrogens (tertiary/aromatic N) is 1. The first kappa shape index (κ1) is 9.58. The fraction of sp³-hybridized carbons (Fsp3) is 0.125. The molecule has 0 radical (unpaired) electrons. The highest BCUT2D eigenvalue weighted by Crippen LogP contribution is 2.34. The fourth-order valence-electron chi connectivity index (χ4n) is 0.923. The van der Waals surface area contributed by atoms with Crippen LogP contribution in [0.1, 0.15) is 0 Å². The molecule has 1 nitrogen and oxygen atoms in total. The quantitative estimate of drug-likeness (QED) is 0.637. The third-order valence-corrected chi connectivity index (χ3v) is 5.07. The van der Waals surface area contributed by atoms with Gasteiger partial charge in [-0.1, -0.05) is 0 Å². The summed E-state index contributed by atoms with van der Waals surface area (Å²) in [6.07, 6.45) is 2.08. The Morgan fingerprint density at radius 3 is 2.85 bits per heavy atom. The van der Waals surface area contributed by atoms with E-state index in [-0.39, 0.29) is 0 Å². The molecule has 2 heterocycles. The van der Waals surface area contributed by atoms with Crippen LogP contribution >= 0.6 is 47.1 Å². The number of thiol groups is 1. The zero-order chi connectivity index (χ0) is 9.26. The van der Waals surface area contributed by atoms with E-state index in [0.717, 1.165) is 10.0 Å². The maximum Gasteiger partial charge on any atom is 0.134 e. The molecule has 0 bridgehead atoms. The van der Waals surface area contributed by atoms with Crippen LogP contribution < -0.4 is 0 Å². The van der Waals surface area contributed by atoms with Gasteiger partial charge >= 0.3 is 0 Å². The van der Waals surface area contributed by atoms with E-state index in [1.54, 1.807) is 34.4 Å². The molecule has 0 aliphatic carbocycles. The summed E-state index contributed by atoms with van der Waals surface area (Å²) in [6, 6.07) is 4.24. The van der Waals surface area contributed by atoms with Gasteiger partial charge < -0.3 is 0 Å². The summed E-state index contributed by atoms with van der Waals surface area (Å²) in [6.45, 7) is 0. The second kappa shape index (κ2) is 4.04. The Kier molecular flexibility index (Phi) is 2.98. The Hall–Kier alpha value is 0.0300. The summed E-state index contributed by atoms with van der Waals surface area (Å²) in [5.74, 6) is 0. The van der Waals surface area contributed by atoms with Gasteiger partial charge in [-0.05, 0) is 18.4 Å². The van der Waals surface area contributed by atoms with Crippen molar-refractivity contribution in [2.75, 3.05) is 6.26 Å². The van der Waals surface area contributed by atoms with E-state index < -0.39 is 0 Å². The second-order valence-corrected chi connectivity index (χ2v) is 5.84. The molecule has 0 unspecified atom stereocenters. The van der Waals surface area contributed by atoms with Gasteiger partial charge in [0.15, 0.2) is 0 Å². The van der Waals surface area contributed by atoms with Gasteiger partial charge in [-0.25, -0.2) is 4.98 Å². The molecule has 2 rings (SSSR count). The maximum absolute atomic E-state index is 4.31. The molecule has 0 amide bonds. The SMILES string of the molecule is CSc1ccc(-c2nc(S)cs2)s1. The van der Waals surface area contributed by atoms with E-state index in [2.05, 4.69) is 36.0 Å². The van der Waals surface area contributed by atoms with Crippen molar-refractivity contribution >= 4 is 47.1 Å². The summed E-state index contributed by atoms with van der Waals surface area (Å²) in [4.78, 5) is 5.54. The van der Waals surface area contributed by atoms with Crippen LogP contribution in [0.4, 0.5) is 0 Å². The van der Waals surface area contributed by atoms with Gasteiger partial charge in [0, 0.05) is 5.38 Å². The lowest BCUT2D eigenvalue weighted by atomic mass is 10.5. The molecular weight excluding hydrogens is 238 g/mol. The topological polar surface area (TPSA) is 12.9 Å². The molecule has 0 atom stereocenters. The zero-order valence-corrected chi connectivity index (χ0v) is 10.2. The molecular formula is C8H7NS4. The molecule has 0 aromatic carbocycles. The van der Waals surface area contributed by atoms with Gasteiger partial charge in [-0.15, -0.1) is 47.1 Å². The predicted octanol–water partition coefficient (Wildman–Crippen LogP) is 3.88. The van der Waals surface area contributed by atoms with Crippen molar-refractivity contribution < 1.29 is 0 Å². The van der Waals surface area contributed by atoms with E-state index in [9.17, 15) is 0 Å². The lowest BCUT2D eigenvalue weighted by Crippen LogP contribution is -1.66. The Balaban J connectivity index is 2.35. The van der Waals surface area contributed by atoms with Crippen LogP contribution in [-0.4, -0.2) is 11.2 Å². The minimum absolute atomic E-state index is 0.805. The van der Waals surface area contributed by atoms with Gasteiger partial charge in [0.2, 0.25) is 0 Å². The summed E-state index contributed by atoms with van der Waals surface area (Å²) in [5.41, 5.74) is 0. The molecule has 0 fully saturated rings. The average molecular weight is 245 g/mol. The first-order valence-corrected chi connectivity index (χ1v) is 6.95. The molecule has 13 heavy (non-hydrogen) atoms. The van der Waals surface area contributed by atoms with Gasteiger partial charge in [-0.3, -0.25) is 0 Å². The van der Waals surface area contributed by atoms with Crippen molar-refractivity contribution in [1.29, 1.82) is 0 Å². The zero-order valence-electron chi connectivity index (χ0n) is 6.85. The van der Waals surface area contributed by atoms with E-state index in [0.29, 0.717) is 0 Å². The van der Waals surface area contributed by atoms with Gasteiger partial charge in [-0.2, -0.15) is 0 Å². The molecule has 0 N–H and O–H groups in total. The van der Waals surface area contributed by atoms with Crippen LogP contribution in [0.3, 0.4) is 0 Å². The summed E-state index contributed by atoms with van der Waals surface area (Å²) >= 11 is 9.37. The summed E-state index contributed by atoms with van der Waals surface area (Å²) in [5, 5.41) is 3.83. The van der Waals surface area contributed by atoms with E-state index >= 15 is 0 Å². The lowest BCUT2D eigenvalue weighted by Gasteiger charge is -1.86. The molecule has 5 heteroatoms. The van der Waals surface area contributed by atoms with E-state index in [1.165, 1.54) is 9.09 Å². The first-order chi connectivity index (χ1) is 6.29. The first-order valence-electron chi connectivity index (χ1n) is 3.58. The summed E-state index contributed by atoms with van der Waals surface area (Å²) < 4.78 is 1.32. The number of hydrogen-bond donors (Lipinski definition) is 1. The monoisotopic (exact) mass is 245 g/mol. The Labute approximate surface area is 94.6 Å². The van der Waals surface area contributed by atoms with Crippen LogP contribution in [0.5, 0.6) is 0 Å². The number of aromatic nitrogens is 1. The molecule has 0 spiro atoms. The number of thioether (sulfide) groups is 1. The average Bonchev–Trinajstić information content (AvgIpc) is 2.71.